The lowest BCUT2D eigenvalue weighted by atomic mass is 9.85. The molecule has 2 rings (SSSR count). The summed E-state index contributed by atoms with van der Waals surface area (Å²) in [5.41, 5.74) is 1.29. The standard InChI is InChI=1S/C15H20N2O5S/c1-10-11(8-16)12(17-4-6-22-7-5-17)9-23-15(10,13(18)20-2)14(19)21-3/h10H,4-7,9H2,1-3H3. The minimum atomic E-state index is -1.54. The quantitative estimate of drug-likeness (QED) is 0.544. The van der Waals surface area contributed by atoms with Crippen LogP contribution in [0.4, 0.5) is 0 Å². The fourth-order valence-electron chi connectivity index (χ4n) is 2.95. The van der Waals surface area contributed by atoms with Crippen LogP contribution in [0.1, 0.15) is 6.92 Å². The second-order valence-electron chi connectivity index (χ2n) is 5.30. The average Bonchev–Trinajstić information content (AvgIpc) is 2.60. The summed E-state index contributed by atoms with van der Waals surface area (Å²) < 4.78 is 13.5. The zero-order valence-corrected chi connectivity index (χ0v) is 14.3. The molecule has 0 amide bonds. The summed E-state index contributed by atoms with van der Waals surface area (Å²) in [5.74, 6) is -1.63. The number of methoxy groups -OCH3 is 2. The number of carbonyl (C=O) groups is 2. The Kier molecular flexibility index (Phi) is 5.55. The number of hydrogen-bond acceptors (Lipinski definition) is 8. The number of allylic oxidation sites excluding steroid dienone is 1. The molecular formula is C15H20N2O5S. The van der Waals surface area contributed by atoms with Gasteiger partial charge in [0.1, 0.15) is 0 Å². The van der Waals surface area contributed by atoms with Gasteiger partial charge < -0.3 is 19.1 Å². The summed E-state index contributed by atoms with van der Waals surface area (Å²) in [6, 6.07) is 2.18. The third-order valence-electron chi connectivity index (χ3n) is 4.28. The van der Waals surface area contributed by atoms with E-state index in [1.807, 2.05) is 0 Å². The molecule has 1 unspecified atom stereocenters. The van der Waals surface area contributed by atoms with Crippen molar-refractivity contribution in [2.75, 3.05) is 46.3 Å². The van der Waals surface area contributed by atoms with E-state index >= 15 is 0 Å². The van der Waals surface area contributed by atoms with Crippen LogP contribution < -0.4 is 0 Å². The predicted octanol–water partition coefficient (Wildman–Crippen LogP) is 0.564. The molecule has 0 N–H and O–H groups in total. The summed E-state index contributed by atoms with van der Waals surface area (Å²) >= 11 is 1.16. The molecule has 0 aromatic carbocycles. The van der Waals surface area contributed by atoms with Crippen LogP contribution in [0.5, 0.6) is 0 Å². The second kappa shape index (κ2) is 7.23. The Hall–Kier alpha value is -1.72. The number of hydrogen-bond donors (Lipinski definition) is 0. The van der Waals surface area contributed by atoms with Crippen molar-refractivity contribution < 1.29 is 23.8 Å². The molecule has 2 heterocycles. The molecule has 0 bridgehead atoms. The molecule has 1 saturated heterocycles. The van der Waals surface area contributed by atoms with Gasteiger partial charge in [0.25, 0.3) is 0 Å². The van der Waals surface area contributed by atoms with Crippen molar-refractivity contribution >= 4 is 23.7 Å². The Bertz CT molecular complexity index is 547. The van der Waals surface area contributed by atoms with E-state index in [1.54, 1.807) is 6.92 Å². The van der Waals surface area contributed by atoms with E-state index in [-0.39, 0.29) is 0 Å². The molecule has 0 radical (unpaired) electrons. The van der Waals surface area contributed by atoms with Crippen LogP contribution in [0.3, 0.4) is 0 Å². The van der Waals surface area contributed by atoms with Gasteiger partial charge in [-0.1, -0.05) is 6.92 Å². The number of nitriles is 1. The van der Waals surface area contributed by atoms with E-state index < -0.39 is 22.6 Å². The number of esters is 2. The Morgan fingerprint density at radius 2 is 1.87 bits per heavy atom. The average molecular weight is 340 g/mol. The van der Waals surface area contributed by atoms with Gasteiger partial charge in [-0.25, -0.2) is 9.59 Å². The Morgan fingerprint density at radius 3 is 2.35 bits per heavy atom. The van der Waals surface area contributed by atoms with E-state index in [0.717, 1.165) is 17.5 Å². The lowest BCUT2D eigenvalue weighted by Gasteiger charge is -2.41. The third kappa shape index (κ3) is 2.91. The number of carbonyl (C=O) groups excluding carboxylic acids is 2. The highest BCUT2D eigenvalue weighted by Gasteiger charge is 2.57. The van der Waals surface area contributed by atoms with Crippen LogP contribution in [-0.2, 0) is 23.8 Å². The van der Waals surface area contributed by atoms with Crippen LogP contribution in [0.15, 0.2) is 11.3 Å². The smallest absolute Gasteiger partial charge is 0.334 e. The molecule has 126 valence electrons. The first-order valence-corrected chi connectivity index (χ1v) is 8.28. The molecule has 0 aliphatic carbocycles. The molecule has 0 aromatic heterocycles. The van der Waals surface area contributed by atoms with E-state index in [1.165, 1.54) is 14.2 Å². The normalized spacial score (nSPS) is 23.9. The topological polar surface area (TPSA) is 88.9 Å². The number of rotatable bonds is 3. The van der Waals surface area contributed by atoms with Crippen molar-refractivity contribution in [2.24, 2.45) is 5.92 Å². The van der Waals surface area contributed by atoms with Gasteiger partial charge in [0.05, 0.1) is 39.1 Å². The molecule has 7 nitrogen and oxygen atoms in total. The van der Waals surface area contributed by atoms with Crippen molar-refractivity contribution in [3.05, 3.63) is 11.3 Å². The van der Waals surface area contributed by atoms with E-state index in [9.17, 15) is 14.9 Å². The maximum Gasteiger partial charge on any atom is 0.334 e. The molecule has 2 aliphatic rings. The molecule has 8 heteroatoms. The maximum atomic E-state index is 12.3. The molecule has 0 aromatic rings. The summed E-state index contributed by atoms with van der Waals surface area (Å²) in [7, 11) is 2.46. The van der Waals surface area contributed by atoms with Crippen molar-refractivity contribution in [3.63, 3.8) is 0 Å². The lowest BCUT2D eigenvalue weighted by Crippen LogP contribution is -2.54. The van der Waals surface area contributed by atoms with Crippen molar-refractivity contribution in [1.82, 2.24) is 4.90 Å². The monoisotopic (exact) mass is 340 g/mol. The van der Waals surface area contributed by atoms with Gasteiger partial charge >= 0.3 is 11.9 Å². The maximum absolute atomic E-state index is 12.3. The fraction of sp³-hybridized carbons (Fsp3) is 0.667. The SMILES string of the molecule is COC(=O)C1(C(=O)OC)SCC(N2CCOCC2)=C(C#N)C1C. The highest BCUT2D eigenvalue weighted by atomic mass is 32.2. The summed E-state index contributed by atoms with van der Waals surface area (Å²) in [6.45, 7) is 4.27. The van der Waals surface area contributed by atoms with Crippen LogP contribution in [-0.4, -0.2) is 67.9 Å². The first-order valence-electron chi connectivity index (χ1n) is 7.29. The van der Waals surface area contributed by atoms with Gasteiger partial charge in [-0.05, 0) is 0 Å². The number of thioether (sulfide) groups is 1. The van der Waals surface area contributed by atoms with Crippen LogP contribution in [0.25, 0.3) is 0 Å². The van der Waals surface area contributed by atoms with Gasteiger partial charge in [-0.2, -0.15) is 5.26 Å². The highest BCUT2D eigenvalue weighted by Crippen LogP contribution is 2.46. The van der Waals surface area contributed by atoms with E-state index in [2.05, 4.69) is 11.0 Å². The number of nitrogens with zero attached hydrogens (tertiary/aromatic N) is 2. The largest absolute Gasteiger partial charge is 0.468 e. The summed E-state index contributed by atoms with van der Waals surface area (Å²) in [5, 5.41) is 9.62. The van der Waals surface area contributed by atoms with Gasteiger partial charge in [0.2, 0.25) is 4.75 Å². The molecular weight excluding hydrogens is 320 g/mol. The minimum Gasteiger partial charge on any atom is -0.468 e. The van der Waals surface area contributed by atoms with Crippen molar-refractivity contribution in [2.45, 2.75) is 11.7 Å². The second-order valence-corrected chi connectivity index (χ2v) is 6.52. The Labute approximate surface area is 139 Å². The van der Waals surface area contributed by atoms with E-state index in [4.69, 9.17) is 14.2 Å². The first-order chi connectivity index (χ1) is 11.0. The molecule has 0 saturated carbocycles. The molecule has 1 fully saturated rings. The van der Waals surface area contributed by atoms with Crippen LogP contribution >= 0.6 is 11.8 Å². The number of ether oxygens (including phenoxy) is 3. The first kappa shape index (κ1) is 17.6. The Balaban J connectivity index is 2.45. The number of morpholine rings is 1. The van der Waals surface area contributed by atoms with Crippen LogP contribution in [0, 0.1) is 17.2 Å². The predicted molar refractivity (Wildman–Crippen MR) is 83.4 cm³/mol. The Morgan fingerprint density at radius 1 is 1.30 bits per heavy atom. The van der Waals surface area contributed by atoms with Crippen LogP contribution in [0.2, 0.25) is 0 Å². The van der Waals surface area contributed by atoms with Crippen molar-refractivity contribution in [3.8, 4) is 6.07 Å². The molecule has 1 atom stereocenters. The van der Waals surface area contributed by atoms with E-state index in [0.29, 0.717) is 37.6 Å². The molecule has 23 heavy (non-hydrogen) atoms. The summed E-state index contributed by atoms with van der Waals surface area (Å²) in [4.78, 5) is 26.8. The van der Waals surface area contributed by atoms with Gasteiger partial charge in [-0.15, -0.1) is 11.8 Å². The molecule has 2 aliphatic heterocycles. The fourth-order valence-corrected chi connectivity index (χ4v) is 4.43. The zero-order chi connectivity index (χ0) is 17.0. The zero-order valence-electron chi connectivity index (χ0n) is 13.5. The molecule has 0 spiro atoms. The summed E-state index contributed by atoms with van der Waals surface area (Å²) in [6.07, 6.45) is 0. The lowest BCUT2D eigenvalue weighted by molar-refractivity contribution is -0.157. The minimum absolute atomic E-state index is 0.372. The highest BCUT2D eigenvalue weighted by molar-refractivity contribution is 8.02. The van der Waals surface area contributed by atoms with Gasteiger partial charge in [0.15, 0.2) is 0 Å². The van der Waals surface area contributed by atoms with Crippen molar-refractivity contribution in [1.29, 1.82) is 5.26 Å². The van der Waals surface area contributed by atoms with Gasteiger partial charge in [-0.3, -0.25) is 0 Å². The third-order valence-corrected chi connectivity index (χ3v) is 5.84. The van der Waals surface area contributed by atoms with Gasteiger partial charge in [0, 0.05) is 30.5 Å².